The second kappa shape index (κ2) is 7.89. The van der Waals surface area contributed by atoms with Crippen LogP contribution in [-0.4, -0.2) is 51.7 Å². The van der Waals surface area contributed by atoms with Crippen molar-refractivity contribution < 1.29 is 15.3 Å². The van der Waals surface area contributed by atoms with E-state index in [-0.39, 0.29) is 0 Å². The zero-order valence-electron chi connectivity index (χ0n) is 15.5. The predicted molar refractivity (Wildman–Crippen MR) is 104 cm³/mol. The largest absolute Gasteiger partial charge is 0.392 e. The zero-order chi connectivity index (χ0) is 18.7. The maximum atomic E-state index is 11.0. The molecule has 0 saturated carbocycles. The molecule has 1 saturated heterocycles. The molecule has 1 heterocycles. The summed E-state index contributed by atoms with van der Waals surface area (Å²) in [6, 6.07) is 18.1. The van der Waals surface area contributed by atoms with E-state index in [4.69, 9.17) is 0 Å². The number of hydrogen-bond donors (Lipinski definition) is 3. The van der Waals surface area contributed by atoms with Gasteiger partial charge in [-0.3, -0.25) is 4.90 Å². The Morgan fingerprint density at radius 3 is 2.35 bits per heavy atom. The van der Waals surface area contributed by atoms with Crippen molar-refractivity contribution >= 4 is 0 Å². The van der Waals surface area contributed by atoms with Crippen molar-refractivity contribution in [3.63, 3.8) is 0 Å². The van der Waals surface area contributed by atoms with Crippen LogP contribution in [0.1, 0.15) is 32.3 Å². The van der Waals surface area contributed by atoms with Crippen molar-refractivity contribution in [2.45, 2.75) is 50.5 Å². The standard InChI is InChI=1S/C22H29NO3/c1-22(2,20(25)21(26)23-14-8-11-17(24)15-23)19-13-7-6-12-18(19)16-9-4-3-5-10-16/h3-7,9-10,12-13,17,20-21,24-26H,8,11,14-15H2,1-2H3. The van der Waals surface area contributed by atoms with Crippen molar-refractivity contribution in [1.29, 1.82) is 0 Å². The lowest BCUT2D eigenvalue weighted by molar-refractivity contribution is -0.125. The molecule has 1 aliphatic rings. The van der Waals surface area contributed by atoms with Gasteiger partial charge in [-0.25, -0.2) is 0 Å². The van der Waals surface area contributed by atoms with Crippen LogP contribution in [0.2, 0.25) is 0 Å². The van der Waals surface area contributed by atoms with Crippen LogP contribution in [0.5, 0.6) is 0 Å². The Morgan fingerprint density at radius 1 is 1.00 bits per heavy atom. The summed E-state index contributed by atoms with van der Waals surface area (Å²) in [6.45, 7) is 5.01. The van der Waals surface area contributed by atoms with E-state index in [2.05, 4.69) is 18.2 Å². The van der Waals surface area contributed by atoms with Gasteiger partial charge >= 0.3 is 0 Å². The monoisotopic (exact) mass is 355 g/mol. The second-order valence-electron chi connectivity index (χ2n) is 7.78. The molecule has 0 amide bonds. The van der Waals surface area contributed by atoms with E-state index in [1.165, 1.54) is 0 Å². The topological polar surface area (TPSA) is 63.9 Å². The van der Waals surface area contributed by atoms with Crippen LogP contribution in [0.3, 0.4) is 0 Å². The molecule has 3 rings (SSSR count). The summed E-state index contributed by atoms with van der Waals surface area (Å²) in [4.78, 5) is 1.78. The lowest BCUT2D eigenvalue weighted by Crippen LogP contribution is -2.55. The van der Waals surface area contributed by atoms with Gasteiger partial charge in [0.05, 0.1) is 6.10 Å². The summed E-state index contributed by atoms with van der Waals surface area (Å²) in [5.41, 5.74) is 2.48. The van der Waals surface area contributed by atoms with Crippen LogP contribution in [0.4, 0.5) is 0 Å². The fourth-order valence-electron chi connectivity index (χ4n) is 3.87. The van der Waals surface area contributed by atoms with Gasteiger partial charge in [0.15, 0.2) is 0 Å². The van der Waals surface area contributed by atoms with E-state index in [1.807, 2.05) is 50.2 Å². The number of aliphatic hydroxyl groups excluding tert-OH is 3. The number of β-amino-alcohol motifs (C(OH)–C–C–N with tert-alkyl or cyclic N) is 1. The van der Waals surface area contributed by atoms with Crippen LogP contribution in [0.25, 0.3) is 11.1 Å². The average molecular weight is 355 g/mol. The maximum Gasteiger partial charge on any atom is 0.134 e. The number of hydrogen-bond acceptors (Lipinski definition) is 4. The van der Waals surface area contributed by atoms with Gasteiger partial charge in [0, 0.05) is 18.5 Å². The molecule has 4 heteroatoms. The number of aliphatic hydroxyl groups is 3. The molecule has 0 aliphatic carbocycles. The molecular formula is C22H29NO3. The molecule has 26 heavy (non-hydrogen) atoms. The van der Waals surface area contributed by atoms with Gasteiger partial charge in [0.25, 0.3) is 0 Å². The Morgan fingerprint density at radius 2 is 1.65 bits per heavy atom. The van der Waals surface area contributed by atoms with Crippen molar-refractivity contribution in [2.75, 3.05) is 13.1 Å². The van der Waals surface area contributed by atoms with Crippen LogP contribution < -0.4 is 0 Å². The molecule has 0 spiro atoms. The normalized spacial score (nSPS) is 21.3. The van der Waals surface area contributed by atoms with Crippen LogP contribution >= 0.6 is 0 Å². The minimum atomic E-state index is -1.01. The third kappa shape index (κ3) is 3.84. The summed E-state index contributed by atoms with van der Waals surface area (Å²) in [5.74, 6) is 0. The van der Waals surface area contributed by atoms with Crippen molar-refractivity contribution in [3.05, 3.63) is 60.2 Å². The van der Waals surface area contributed by atoms with E-state index in [0.29, 0.717) is 13.1 Å². The molecule has 2 aromatic rings. The number of benzene rings is 2. The molecule has 0 aromatic heterocycles. The molecule has 140 valence electrons. The van der Waals surface area contributed by atoms with Gasteiger partial charge in [-0.2, -0.15) is 0 Å². The molecule has 4 nitrogen and oxygen atoms in total. The van der Waals surface area contributed by atoms with Gasteiger partial charge in [-0.1, -0.05) is 68.4 Å². The minimum absolute atomic E-state index is 0.397. The molecule has 1 fully saturated rings. The van der Waals surface area contributed by atoms with Crippen LogP contribution in [0, 0.1) is 0 Å². The van der Waals surface area contributed by atoms with E-state index in [1.54, 1.807) is 4.90 Å². The number of nitrogens with zero attached hydrogens (tertiary/aromatic N) is 1. The molecular weight excluding hydrogens is 326 g/mol. The highest BCUT2D eigenvalue weighted by atomic mass is 16.3. The Balaban J connectivity index is 1.90. The first-order valence-corrected chi connectivity index (χ1v) is 9.34. The van der Waals surface area contributed by atoms with E-state index >= 15 is 0 Å². The number of rotatable bonds is 5. The first-order chi connectivity index (χ1) is 12.4. The third-order valence-corrected chi connectivity index (χ3v) is 5.53. The fourth-order valence-corrected chi connectivity index (χ4v) is 3.87. The maximum absolute atomic E-state index is 11.0. The molecule has 3 atom stereocenters. The van der Waals surface area contributed by atoms with Crippen molar-refractivity contribution in [3.8, 4) is 11.1 Å². The Bertz CT molecular complexity index is 716. The van der Waals surface area contributed by atoms with Gasteiger partial charge in [0.2, 0.25) is 0 Å². The van der Waals surface area contributed by atoms with Crippen LogP contribution in [0.15, 0.2) is 54.6 Å². The SMILES string of the molecule is CC(C)(c1ccccc1-c1ccccc1)C(O)C(O)N1CCCC(O)C1. The van der Waals surface area contributed by atoms with Gasteiger partial charge in [0.1, 0.15) is 12.3 Å². The van der Waals surface area contributed by atoms with E-state index in [9.17, 15) is 15.3 Å². The van der Waals surface area contributed by atoms with Gasteiger partial charge in [-0.05, 0) is 29.5 Å². The summed E-state index contributed by atoms with van der Waals surface area (Å²) in [6.07, 6.45) is -0.849. The first-order valence-electron chi connectivity index (χ1n) is 9.34. The molecule has 1 aliphatic heterocycles. The van der Waals surface area contributed by atoms with Gasteiger partial charge in [-0.15, -0.1) is 0 Å². The van der Waals surface area contributed by atoms with E-state index < -0.39 is 23.9 Å². The number of likely N-dealkylation sites (tertiary alicyclic amines) is 1. The Labute approximate surface area is 155 Å². The lowest BCUT2D eigenvalue weighted by atomic mass is 9.75. The molecule has 0 bridgehead atoms. The van der Waals surface area contributed by atoms with Gasteiger partial charge < -0.3 is 15.3 Å². The minimum Gasteiger partial charge on any atom is -0.392 e. The Hall–Kier alpha value is -1.72. The van der Waals surface area contributed by atoms with Crippen molar-refractivity contribution in [1.82, 2.24) is 4.90 Å². The predicted octanol–water partition coefficient (Wildman–Crippen LogP) is 2.77. The van der Waals surface area contributed by atoms with E-state index in [0.717, 1.165) is 29.5 Å². The summed E-state index contributed by atoms with van der Waals surface area (Å²) in [7, 11) is 0. The molecule has 0 radical (unpaired) electrons. The Kier molecular flexibility index (Phi) is 5.78. The van der Waals surface area contributed by atoms with Crippen molar-refractivity contribution in [2.24, 2.45) is 0 Å². The fraction of sp³-hybridized carbons (Fsp3) is 0.455. The smallest absolute Gasteiger partial charge is 0.134 e. The lowest BCUT2D eigenvalue weighted by Gasteiger charge is -2.42. The molecule has 2 aromatic carbocycles. The summed E-state index contributed by atoms with van der Waals surface area (Å²) >= 11 is 0. The van der Waals surface area contributed by atoms with Crippen LogP contribution in [-0.2, 0) is 5.41 Å². The molecule has 3 unspecified atom stereocenters. The highest BCUT2D eigenvalue weighted by Gasteiger charge is 2.39. The highest BCUT2D eigenvalue weighted by Crippen LogP contribution is 2.37. The molecule has 3 N–H and O–H groups in total. The summed E-state index contributed by atoms with van der Waals surface area (Å²) in [5, 5.41) is 31.7. The first kappa shape index (κ1) is 19.1. The second-order valence-corrected chi connectivity index (χ2v) is 7.78. The zero-order valence-corrected chi connectivity index (χ0v) is 15.5. The number of piperidine rings is 1. The average Bonchev–Trinajstić information content (AvgIpc) is 2.67. The third-order valence-electron chi connectivity index (χ3n) is 5.53. The summed E-state index contributed by atoms with van der Waals surface area (Å²) < 4.78 is 0. The quantitative estimate of drug-likeness (QED) is 0.772. The highest BCUT2D eigenvalue weighted by molar-refractivity contribution is 5.68.